The Morgan fingerprint density at radius 2 is 1.12 bits per heavy atom. The Hall–Kier alpha value is -2.24. The van der Waals surface area contributed by atoms with Crippen molar-refractivity contribution in [3.05, 3.63) is 22.7 Å². The Labute approximate surface area is 393 Å². The molecule has 0 saturated carbocycles. The Kier molecular flexibility index (Phi) is 31.0. The molecule has 20 heteroatoms. The SMILES string of the molecule is CC(C)CCCCCCCCCCCCCCCCC(=O)O[C@H](COC(=O)CCCCCCCCCCC(C)C)COP(=O)(O)OP(=O)(O)OC[C@H]1O[C@@H](n2ccc(N)nc2=O)C(O)[C@H]1O. The van der Waals surface area contributed by atoms with Crippen molar-refractivity contribution in [3.63, 3.8) is 0 Å². The molecule has 1 aromatic heterocycles. The molecule has 0 radical (unpaired) electrons. The van der Waals surface area contributed by atoms with Gasteiger partial charge in [-0.25, -0.2) is 13.9 Å². The number of hydrogen-bond acceptors (Lipinski definition) is 15. The average molecular weight is 982 g/mol. The van der Waals surface area contributed by atoms with E-state index in [1.807, 2.05) is 0 Å². The molecule has 66 heavy (non-hydrogen) atoms. The first-order valence-corrected chi connectivity index (χ1v) is 27.8. The molecule has 3 unspecified atom stereocenters. The number of phosphoric ester groups is 2. The Balaban J connectivity index is 1.79. The molecule has 0 aromatic carbocycles. The number of anilines is 1. The quantitative estimate of drug-likeness (QED) is 0.0233. The van der Waals surface area contributed by atoms with Crippen LogP contribution >= 0.6 is 15.6 Å². The summed E-state index contributed by atoms with van der Waals surface area (Å²) in [5.41, 5.74) is 4.59. The van der Waals surface area contributed by atoms with Crippen molar-refractivity contribution < 1.29 is 66.3 Å². The summed E-state index contributed by atoms with van der Waals surface area (Å²) in [7, 11) is -10.8. The molecule has 7 atom stereocenters. The van der Waals surface area contributed by atoms with Crippen molar-refractivity contribution >= 4 is 33.4 Å². The van der Waals surface area contributed by atoms with Crippen LogP contribution in [0.15, 0.2) is 17.1 Å². The largest absolute Gasteiger partial charge is 0.481 e. The van der Waals surface area contributed by atoms with Crippen molar-refractivity contribution in [2.45, 2.75) is 225 Å². The maximum atomic E-state index is 12.8. The van der Waals surface area contributed by atoms with Crippen molar-refractivity contribution in [2.24, 2.45) is 11.8 Å². The first-order valence-electron chi connectivity index (χ1n) is 24.8. The molecule has 0 bridgehead atoms. The Morgan fingerprint density at radius 1 is 0.682 bits per heavy atom. The summed E-state index contributed by atoms with van der Waals surface area (Å²) in [5.74, 6) is 0.233. The normalized spacial score (nSPS) is 19.8. The zero-order valence-electron chi connectivity index (χ0n) is 40.3. The van der Waals surface area contributed by atoms with E-state index in [-0.39, 0.29) is 18.7 Å². The van der Waals surface area contributed by atoms with Gasteiger partial charge in [0, 0.05) is 19.0 Å². The van der Waals surface area contributed by atoms with Crippen LogP contribution in [-0.4, -0.2) is 85.7 Å². The minimum absolute atomic E-state index is 0.0563. The number of carbonyl (C=O) groups is 2. The second-order valence-corrected chi connectivity index (χ2v) is 21.7. The summed E-state index contributed by atoms with van der Waals surface area (Å²) in [6, 6.07) is 1.25. The molecule has 18 nitrogen and oxygen atoms in total. The van der Waals surface area contributed by atoms with E-state index in [0.717, 1.165) is 67.8 Å². The lowest BCUT2D eigenvalue weighted by atomic mass is 10.0. The van der Waals surface area contributed by atoms with Crippen molar-refractivity contribution in [1.82, 2.24) is 9.55 Å². The van der Waals surface area contributed by atoms with Crippen molar-refractivity contribution in [1.29, 1.82) is 0 Å². The van der Waals surface area contributed by atoms with E-state index in [9.17, 15) is 43.5 Å². The second kappa shape index (κ2) is 34.1. The van der Waals surface area contributed by atoms with Crippen molar-refractivity contribution in [3.8, 4) is 0 Å². The van der Waals surface area contributed by atoms with E-state index >= 15 is 0 Å². The summed E-state index contributed by atoms with van der Waals surface area (Å²) in [5, 5.41) is 20.9. The minimum atomic E-state index is -5.42. The number of unbranched alkanes of at least 4 members (excludes halogenated alkanes) is 20. The van der Waals surface area contributed by atoms with E-state index in [0.29, 0.717) is 12.8 Å². The number of aliphatic hydroxyl groups excluding tert-OH is 2. The molecule has 384 valence electrons. The lowest BCUT2D eigenvalue weighted by molar-refractivity contribution is -0.161. The van der Waals surface area contributed by atoms with Crippen LogP contribution in [0.2, 0.25) is 0 Å². The lowest BCUT2D eigenvalue weighted by Gasteiger charge is -2.21. The van der Waals surface area contributed by atoms with Gasteiger partial charge < -0.3 is 39.9 Å². The van der Waals surface area contributed by atoms with Gasteiger partial charge in [0.15, 0.2) is 12.3 Å². The van der Waals surface area contributed by atoms with Gasteiger partial charge in [-0.1, -0.05) is 169 Å². The van der Waals surface area contributed by atoms with E-state index < -0.39 is 83.7 Å². The molecular formula is C46H85N3O15P2. The summed E-state index contributed by atoms with van der Waals surface area (Å²) < 4.78 is 56.7. The van der Waals surface area contributed by atoms with Crippen LogP contribution in [0, 0.1) is 11.8 Å². The molecule has 6 N–H and O–H groups in total. The predicted octanol–water partition coefficient (Wildman–Crippen LogP) is 9.60. The number of phosphoric acid groups is 2. The third kappa shape index (κ3) is 28.3. The maximum Gasteiger partial charge on any atom is 0.481 e. The van der Waals surface area contributed by atoms with Crippen molar-refractivity contribution in [2.75, 3.05) is 25.6 Å². The maximum absolute atomic E-state index is 12.8. The van der Waals surface area contributed by atoms with Gasteiger partial charge in [-0.2, -0.15) is 9.29 Å². The van der Waals surface area contributed by atoms with Gasteiger partial charge in [-0.15, -0.1) is 0 Å². The fourth-order valence-corrected chi connectivity index (χ4v) is 9.79. The van der Waals surface area contributed by atoms with E-state index in [1.54, 1.807) is 0 Å². The molecule has 1 saturated heterocycles. The summed E-state index contributed by atoms with van der Waals surface area (Å²) in [4.78, 5) is 61.8. The molecular weight excluding hydrogens is 896 g/mol. The van der Waals surface area contributed by atoms with Gasteiger partial charge in [0.1, 0.15) is 30.7 Å². The smallest absolute Gasteiger partial charge is 0.462 e. The van der Waals surface area contributed by atoms with Gasteiger partial charge in [-0.3, -0.25) is 23.2 Å². The number of rotatable bonds is 40. The molecule has 1 fully saturated rings. The summed E-state index contributed by atoms with van der Waals surface area (Å²) in [6.07, 6.45) is 20.7. The molecule has 0 amide bonds. The molecule has 1 aromatic rings. The second-order valence-electron chi connectivity index (χ2n) is 18.6. The van der Waals surface area contributed by atoms with Crippen LogP contribution in [0.4, 0.5) is 5.82 Å². The third-order valence-electron chi connectivity index (χ3n) is 11.5. The number of hydrogen-bond donors (Lipinski definition) is 5. The van der Waals surface area contributed by atoms with Gasteiger partial charge in [0.25, 0.3) is 0 Å². The highest BCUT2D eigenvalue weighted by Crippen LogP contribution is 2.60. The third-order valence-corrected chi connectivity index (χ3v) is 14.1. The monoisotopic (exact) mass is 982 g/mol. The highest BCUT2D eigenvalue weighted by molar-refractivity contribution is 7.61. The highest BCUT2D eigenvalue weighted by Gasteiger charge is 2.46. The minimum Gasteiger partial charge on any atom is -0.462 e. The number of nitrogens with zero attached hydrogens (tertiary/aromatic N) is 2. The first kappa shape index (κ1) is 59.9. The van der Waals surface area contributed by atoms with Gasteiger partial charge in [0.05, 0.1) is 13.2 Å². The van der Waals surface area contributed by atoms with E-state index in [2.05, 4.69) is 37.0 Å². The molecule has 1 aliphatic rings. The Bertz CT molecular complexity index is 1630. The van der Waals surface area contributed by atoms with Gasteiger partial charge in [-0.05, 0) is 30.7 Å². The zero-order chi connectivity index (χ0) is 48.8. The molecule has 0 spiro atoms. The van der Waals surface area contributed by atoms with Crippen LogP contribution in [0.25, 0.3) is 0 Å². The first-order chi connectivity index (χ1) is 31.4. The standard InChI is InChI=1S/C46H85N3O15P2/c1-36(2)27-23-19-15-11-9-7-5-6-8-10-12-18-22-26-30-42(51)62-38(33-59-41(50)29-25-21-17-14-13-16-20-24-28-37(3)4)34-60-65(55,56)64-66(57,58)61-35-39-43(52)44(53)45(63-39)49-32-31-40(47)48-46(49)54/h31-32,36-39,43-45,52-53H,5-30,33-35H2,1-4H3,(H,55,56)(H,57,58)(H2,47,48,54)/t38-,39-,43+,44?,45-/m1/s1. The van der Waals surface area contributed by atoms with Gasteiger partial charge >= 0.3 is 33.3 Å². The number of ether oxygens (including phenoxy) is 3. The lowest BCUT2D eigenvalue weighted by Crippen LogP contribution is -2.36. The molecule has 0 aliphatic carbocycles. The van der Waals surface area contributed by atoms with Crippen LogP contribution < -0.4 is 11.4 Å². The van der Waals surface area contributed by atoms with Crippen LogP contribution in [0.5, 0.6) is 0 Å². The number of aliphatic hydroxyl groups is 2. The van der Waals surface area contributed by atoms with E-state index in [4.69, 9.17) is 29.0 Å². The number of nitrogens with two attached hydrogens (primary N) is 1. The molecule has 2 heterocycles. The van der Waals surface area contributed by atoms with Crippen LogP contribution in [0.3, 0.4) is 0 Å². The summed E-state index contributed by atoms with van der Waals surface area (Å²) in [6.45, 7) is 6.74. The topological polar surface area (TPSA) is 265 Å². The fraction of sp³-hybridized carbons (Fsp3) is 0.870. The predicted molar refractivity (Wildman–Crippen MR) is 252 cm³/mol. The number of aromatic nitrogens is 2. The summed E-state index contributed by atoms with van der Waals surface area (Å²) >= 11 is 0. The number of nitrogen functional groups attached to an aromatic ring is 1. The highest BCUT2D eigenvalue weighted by atomic mass is 31.3. The van der Waals surface area contributed by atoms with Gasteiger partial charge in [0.2, 0.25) is 0 Å². The number of carbonyl (C=O) groups excluding carboxylic acids is 2. The number of esters is 2. The zero-order valence-corrected chi connectivity index (χ0v) is 42.1. The Morgan fingerprint density at radius 3 is 1.59 bits per heavy atom. The van der Waals surface area contributed by atoms with E-state index in [1.165, 1.54) is 102 Å². The fourth-order valence-electron chi connectivity index (χ4n) is 7.68. The molecule has 1 aliphatic heterocycles. The average Bonchev–Trinajstić information content (AvgIpc) is 3.52. The molecule has 2 rings (SSSR count). The van der Waals surface area contributed by atoms with Crippen LogP contribution in [0.1, 0.15) is 201 Å². The van der Waals surface area contributed by atoms with Crippen LogP contribution in [-0.2, 0) is 46.3 Å².